The second-order valence-corrected chi connectivity index (χ2v) is 10.3. The van der Waals surface area contributed by atoms with Gasteiger partial charge in [0.15, 0.2) is 0 Å². The average Bonchev–Trinajstić information content (AvgIpc) is 2.80. The molecule has 15 heteroatoms. The second-order valence-electron chi connectivity index (χ2n) is 8.69. The van der Waals surface area contributed by atoms with Crippen molar-refractivity contribution in [2.75, 3.05) is 46.7 Å². The van der Waals surface area contributed by atoms with Crippen LogP contribution in [-0.4, -0.2) is 76.0 Å². The third-order valence-electron chi connectivity index (χ3n) is 3.91. The van der Waals surface area contributed by atoms with Crippen LogP contribution in [0.4, 0.5) is 9.59 Å². The van der Waals surface area contributed by atoms with Crippen LogP contribution in [0, 0.1) is 11.8 Å². The molecule has 0 aromatic carbocycles. The van der Waals surface area contributed by atoms with E-state index < -0.39 is 32.0 Å². The number of rotatable bonds is 17. The molecule has 0 saturated heterocycles. The first-order valence-corrected chi connectivity index (χ1v) is 13.6. The van der Waals surface area contributed by atoms with Crippen LogP contribution in [0.5, 0.6) is 0 Å². The smallest absolute Gasteiger partial charge is 0.434 e. The van der Waals surface area contributed by atoms with Crippen LogP contribution in [-0.2, 0) is 42.2 Å². The molecule has 0 aromatic rings. The van der Waals surface area contributed by atoms with Gasteiger partial charge in [0.05, 0.1) is 39.6 Å². The monoisotopic (exact) mass is 555 g/mol. The molecule has 0 bridgehead atoms. The van der Waals surface area contributed by atoms with E-state index in [1.54, 1.807) is 0 Å². The number of ether oxygens (including phenoxy) is 4. The molecule has 0 aliphatic carbocycles. The van der Waals surface area contributed by atoms with Crippen molar-refractivity contribution < 1.29 is 51.8 Å². The van der Waals surface area contributed by atoms with Gasteiger partial charge in [-0.3, -0.25) is 13.8 Å². The molecule has 0 heterocycles. The summed E-state index contributed by atoms with van der Waals surface area (Å²) in [6.45, 7) is 9.41. The van der Waals surface area contributed by atoms with Crippen molar-refractivity contribution in [3.63, 3.8) is 0 Å². The fourth-order valence-corrected chi connectivity index (χ4v) is 3.44. The van der Waals surface area contributed by atoms with E-state index in [9.17, 15) is 18.9 Å². The molecule has 2 N–H and O–H groups in total. The van der Waals surface area contributed by atoms with E-state index in [2.05, 4.69) is 4.76 Å². The Hall–Kier alpha value is -2.57. The van der Waals surface area contributed by atoms with Crippen LogP contribution in [0.3, 0.4) is 0 Å². The Bertz CT molecular complexity index is 722. The van der Waals surface area contributed by atoms with Crippen molar-refractivity contribution in [1.29, 1.82) is 0 Å². The Morgan fingerprint density at radius 2 is 1.19 bits per heavy atom. The lowest BCUT2D eigenvalue weighted by molar-refractivity contribution is -0.166. The van der Waals surface area contributed by atoms with Gasteiger partial charge in [-0.05, 0) is 37.5 Å². The Kier molecular flexibility index (Phi) is 18.2. The number of hydroxylamine groups is 2. The van der Waals surface area contributed by atoms with Crippen LogP contribution >= 0.6 is 7.75 Å². The predicted octanol–water partition coefficient (Wildman–Crippen LogP) is 4.03. The van der Waals surface area contributed by atoms with Crippen molar-refractivity contribution in [1.82, 2.24) is 5.06 Å². The number of hydrogen-bond acceptors (Lipinski definition) is 11. The highest BCUT2D eigenvalue weighted by molar-refractivity contribution is 7.52. The molecule has 0 radical (unpaired) electrons. The molecule has 216 valence electrons. The van der Waals surface area contributed by atoms with E-state index in [4.69, 9.17) is 38.6 Å². The number of nitrogens with zero attached hydrogens (tertiary/aromatic N) is 2. The summed E-state index contributed by atoms with van der Waals surface area (Å²) in [6, 6.07) is 0. The summed E-state index contributed by atoms with van der Waals surface area (Å²) >= 11 is 0. The molecule has 0 saturated carbocycles. The van der Waals surface area contributed by atoms with Crippen LogP contribution in [0.2, 0.25) is 0 Å². The maximum Gasteiger partial charge on any atom is 0.508 e. The molecule has 0 fully saturated rings. The van der Waals surface area contributed by atoms with Crippen molar-refractivity contribution in [2.24, 2.45) is 22.3 Å². The van der Waals surface area contributed by atoms with E-state index in [0.717, 1.165) is 12.0 Å². The van der Waals surface area contributed by atoms with Gasteiger partial charge in [0.1, 0.15) is 0 Å². The molecular formula is C22H42N3O11P. The number of guanidine groups is 1. The van der Waals surface area contributed by atoms with Gasteiger partial charge in [0.25, 0.3) is 0 Å². The van der Waals surface area contributed by atoms with Crippen LogP contribution in [0.25, 0.3) is 0 Å². The zero-order chi connectivity index (χ0) is 28.3. The molecule has 0 aliphatic heterocycles. The quantitative estimate of drug-likeness (QED) is 0.0680. The predicted molar refractivity (Wildman–Crippen MR) is 133 cm³/mol. The maximum atomic E-state index is 13.1. The molecule has 0 aromatic heterocycles. The normalized spacial score (nSPS) is 11.8. The minimum absolute atomic E-state index is 0.0411. The average molecular weight is 556 g/mol. The molecule has 0 spiro atoms. The van der Waals surface area contributed by atoms with E-state index in [-0.39, 0.29) is 51.5 Å². The first kappa shape index (κ1) is 34.4. The van der Waals surface area contributed by atoms with Gasteiger partial charge in [-0.25, -0.2) is 14.2 Å². The van der Waals surface area contributed by atoms with Crippen LogP contribution in [0.1, 0.15) is 60.3 Å². The summed E-state index contributed by atoms with van der Waals surface area (Å²) < 4.78 is 47.3. The van der Waals surface area contributed by atoms with E-state index >= 15 is 0 Å². The molecule has 14 nitrogen and oxygen atoms in total. The highest BCUT2D eigenvalue weighted by Gasteiger charge is 2.26. The van der Waals surface area contributed by atoms with Gasteiger partial charge in [0, 0.05) is 14.0 Å². The van der Waals surface area contributed by atoms with Gasteiger partial charge in [-0.1, -0.05) is 27.7 Å². The summed E-state index contributed by atoms with van der Waals surface area (Å²) in [5.41, 5.74) is 5.75. The molecule has 0 aliphatic rings. The summed E-state index contributed by atoms with van der Waals surface area (Å²) in [5.74, 6) is -0.661. The SMILES string of the molecule is CC(=O)ON(C)C(N)=NP(=O)(OCCCCOC(=O)OCC(C)C)OCCCCOC(=O)OCC(C)C. The topological polar surface area (TPSA) is 175 Å². The molecule has 0 unspecified atom stereocenters. The second kappa shape index (κ2) is 19.5. The van der Waals surface area contributed by atoms with Gasteiger partial charge in [0.2, 0.25) is 5.96 Å². The molecule has 0 amide bonds. The zero-order valence-electron chi connectivity index (χ0n) is 22.6. The Morgan fingerprint density at radius 3 is 1.57 bits per heavy atom. The van der Waals surface area contributed by atoms with Gasteiger partial charge in [-0.15, -0.1) is 4.76 Å². The minimum atomic E-state index is -4.09. The summed E-state index contributed by atoms with van der Waals surface area (Å²) in [6.07, 6.45) is 0.0400. The fraction of sp³-hybridized carbons (Fsp3) is 0.818. The maximum absolute atomic E-state index is 13.1. The number of nitrogens with two attached hydrogens (primary N) is 1. The Balaban J connectivity index is 4.63. The van der Waals surface area contributed by atoms with Gasteiger partial charge >= 0.3 is 26.0 Å². The molecular weight excluding hydrogens is 513 g/mol. The first-order chi connectivity index (χ1) is 17.3. The largest absolute Gasteiger partial charge is 0.508 e. The van der Waals surface area contributed by atoms with E-state index in [1.807, 2.05) is 27.7 Å². The number of unbranched alkanes of at least 4 members (excludes halogenated alkanes) is 2. The third-order valence-corrected chi connectivity index (χ3v) is 5.38. The van der Waals surface area contributed by atoms with Gasteiger partial charge in [-0.2, -0.15) is 5.06 Å². The third kappa shape index (κ3) is 20.2. The van der Waals surface area contributed by atoms with Crippen molar-refractivity contribution in [3.8, 4) is 0 Å². The molecule has 37 heavy (non-hydrogen) atoms. The molecule has 0 atom stereocenters. The highest BCUT2D eigenvalue weighted by Crippen LogP contribution is 2.50. The summed E-state index contributed by atoms with van der Waals surface area (Å²) in [4.78, 5) is 38.8. The summed E-state index contributed by atoms with van der Waals surface area (Å²) in [7, 11) is -2.78. The van der Waals surface area contributed by atoms with E-state index in [0.29, 0.717) is 25.7 Å². The lowest BCUT2D eigenvalue weighted by Crippen LogP contribution is -2.35. The Morgan fingerprint density at radius 1 is 0.784 bits per heavy atom. The fourth-order valence-electron chi connectivity index (χ4n) is 2.15. The standard InChI is InChI=1S/C22H42N3O11P/c1-17(2)15-32-21(27)30-11-7-9-13-34-37(29,24-20(23)25(6)36-19(5)26)35-14-10-8-12-31-22(28)33-16-18(3)4/h17-18H,7-16H2,1-6H3,(H2,23,24,29). The number of carbonyl (C=O) groups is 3. The minimum Gasteiger partial charge on any atom is -0.434 e. The van der Waals surface area contributed by atoms with Crippen molar-refractivity contribution in [2.45, 2.75) is 60.3 Å². The van der Waals surface area contributed by atoms with E-state index in [1.165, 1.54) is 7.05 Å². The zero-order valence-corrected chi connectivity index (χ0v) is 23.5. The van der Waals surface area contributed by atoms with Crippen molar-refractivity contribution in [3.05, 3.63) is 0 Å². The highest BCUT2D eigenvalue weighted by atomic mass is 31.2. The first-order valence-electron chi connectivity index (χ1n) is 12.1. The molecule has 0 rings (SSSR count). The Labute approximate surface area is 218 Å². The lowest BCUT2D eigenvalue weighted by atomic mass is 10.2. The number of carbonyl (C=O) groups excluding carboxylic acids is 3. The summed E-state index contributed by atoms with van der Waals surface area (Å²) in [5, 5.41) is 0.828. The van der Waals surface area contributed by atoms with Gasteiger partial charge < -0.3 is 29.5 Å². The van der Waals surface area contributed by atoms with Crippen LogP contribution in [0.15, 0.2) is 4.76 Å². The van der Waals surface area contributed by atoms with Crippen molar-refractivity contribution >= 4 is 32.0 Å². The lowest BCUT2D eigenvalue weighted by Gasteiger charge is -2.19. The van der Waals surface area contributed by atoms with Crippen LogP contribution < -0.4 is 5.73 Å². The number of hydrogen-bond donors (Lipinski definition) is 1.